The van der Waals surface area contributed by atoms with E-state index in [0.717, 1.165) is 16.5 Å². The molecule has 4 rings (SSSR count). The molecule has 0 spiro atoms. The van der Waals surface area contributed by atoms with Crippen LogP contribution < -0.4 is 10.1 Å². The van der Waals surface area contributed by atoms with Crippen molar-refractivity contribution < 1.29 is 19.2 Å². The van der Waals surface area contributed by atoms with Gasteiger partial charge in [0.05, 0.1) is 13.2 Å². The number of hydrogen-bond acceptors (Lipinski definition) is 5. The Morgan fingerprint density at radius 1 is 1.10 bits per heavy atom. The van der Waals surface area contributed by atoms with Gasteiger partial charge >= 0.3 is 6.09 Å². The van der Waals surface area contributed by atoms with Gasteiger partial charge in [0.25, 0.3) is 0 Å². The topological polar surface area (TPSA) is 97.5 Å². The number of rotatable bonds is 6. The van der Waals surface area contributed by atoms with Crippen molar-refractivity contribution in [1.29, 1.82) is 0 Å². The minimum absolute atomic E-state index is 0.357. The number of amides is 1. The predicted octanol–water partition coefficient (Wildman–Crippen LogP) is 4.45. The van der Waals surface area contributed by atoms with E-state index in [1.54, 1.807) is 13.2 Å². The van der Waals surface area contributed by atoms with Crippen LogP contribution in [0, 0.1) is 0 Å². The first-order chi connectivity index (χ1) is 14.2. The van der Waals surface area contributed by atoms with Gasteiger partial charge in [0.1, 0.15) is 5.69 Å². The number of nitrogens with one attached hydrogen (secondary N) is 1. The summed E-state index contributed by atoms with van der Waals surface area (Å²) in [5.74, 6) is 0.479. The van der Waals surface area contributed by atoms with E-state index in [0.29, 0.717) is 29.3 Å². The molecule has 2 aromatic heterocycles. The van der Waals surface area contributed by atoms with Crippen LogP contribution in [0.5, 0.6) is 5.88 Å². The number of methoxy groups -OCH3 is 1. The first kappa shape index (κ1) is 18.5. The zero-order chi connectivity index (χ0) is 20.2. The molecule has 4 aromatic rings. The van der Waals surface area contributed by atoms with E-state index in [2.05, 4.69) is 15.5 Å². The van der Waals surface area contributed by atoms with Crippen molar-refractivity contribution in [2.45, 2.75) is 12.5 Å². The molecule has 0 saturated heterocycles. The summed E-state index contributed by atoms with van der Waals surface area (Å²) < 4.78 is 10.6. The van der Waals surface area contributed by atoms with Gasteiger partial charge in [-0.15, -0.1) is 0 Å². The monoisotopic (exact) mass is 389 g/mol. The second-order valence-electron chi connectivity index (χ2n) is 6.49. The molecule has 1 atom stereocenters. The lowest BCUT2D eigenvalue weighted by Gasteiger charge is -2.20. The highest BCUT2D eigenvalue weighted by Gasteiger charge is 2.22. The van der Waals surface area contributed by atoms with Gasteiger partial charge in [0.2, 0.25) is 5.88 Å². The van der Waals surface area contributed by atoms with E-state index in [1.807, 2.05) is 60.7 Å². The van der Waals surface area contributed by atoms with Crippen LogP contribution in [0.15, 0.2) is 71.3 Å². The number of nitrogens with zero attached hydrogens (tertiary/aromatic N) is 2. The van der Waals surface area contributed by atoms with Gasteiger partial charge in [-0.3, -0.25) is 0 Å². The molecule has 0 saturated carbocycles. The lowest BCUT2D eigenvalue weighted by atomic mass is 9.93. The number of hydrogen-bond donors (Lipinski definition) is 2. The lowest BCUT2D eigenvalue weighted by molar-refractivity contribution is 0.189. The number of para-hydroxylation sites is 1. The van der Waals surface area contributed by atoms with Crippen LogP contribution in [-0.4, -0.2) is 28.5 Å². The minimum Gasteiger partial charge on any atom is -0.481 e. The normalized spacial score (nSPS) is 11.9. The molecule has 7 nitrogen and oxygen atoms in total. The third kappa shape index (κ3) is 3.89. The molecule has 146 valence electrons. The number of benzene rings is 2. The maximum absolute atomic E-state index is 11.5. The fraction of sp³-hybridized carbons (Fsp3) is 0.136. The summed E-state index contributed by atoms with van der Waals surface area (Å²) in [6, 6.07) is 20.0. The summed E-state index contributed by atoms with van der Waals surface area (Å²) in [5, 5.41) is 17.1. The van der Waals surface area contributed by atoms with Gasteiger partial charge < -0.3 is 19.7 Å². The highest BCUT2D eigenvalue weighted by atomic mass is 16.5. The van der Waals surface area contributed by atoms with Crippen LogP contribution in [-0.2, 0) is 6.42 Å². The number of pyridine rings is 1. The summed E-state index contributed by atoms with van der Waals surface area (Å²) in [6.45, 7) is 0. The van der Waals surface area contributed by atoms with E-state index >= 15 is 0 Å². The first-order valence-corrected chi connectivity index (χ1v) is 9.09. The van der Waals surface area contributed by atoms with Crippen molar-refractivity contribution in [2.24, 2.45) is 0 Å². The maximum Gasteiger partial charge on any atom is 0.405 e. The predicted molar refractivity (Wildman–Crippen MR) is 108 cm³/mol. The Labute approximate surface area is 166 Å². The molecule has 0 aliphatic rings. The van der Waals surface area contributed by atoms with Crippen LogP contribution in [0.2, 0.25) is 0 Å². The Kier molecular flexibility index (Phi) is 5.11. The molecular formula is C22H19N3O4. The van der Waals surface area contributed by atoms with Crippen molar-refractivity contribution in [3.63, 3.8) is 0 Å². The average molecular weight is 389 g/mol. The molecule has 2 aromatic carbocycles. The molecule has 29 heavy (non-hydrogen) atoms. The molecule has 0 aliphatic heterocycles. The number of fused-ring (bicyclic) bond motifs is 1. The van der Waals surface area contributed by atoms with Gasteiger partial charge in [-0.2, -0.15) is 0 Å². The Morgan fingerprint density at radius 2 is 1.90 bits per heavy atom. The summed E-state index contributed by atoms with van der Waals surface area (Å²) in [4.78, 5) is 15.9. The number of carbonyl (C=O) groups is 1. The molecule has 0 bridgehead atoms. The second kappa shape index (κ2) is 8.02. The average Bonchev–Trinajstić information content (AvgIpc) is 3.17. The van der Waals surface area contributed by atoms with Crippen LogP contribution in [0.25, 0.3) is 22.2 Å². The Morgan fingerprint density at radius 3 is 2.72 bits per heavy atom. The number of carboxylic acid groups (broad SMARTS) is 1. The molecule has 7 heteroatoms. The fourth-order valence-electron chi connectivity index (χ4n) is 3.38. The Hall–Kier alpha value is -3.87. The van der Waals surface area contributed by atoms with E-state index in [-0.39, 0.29) is 0 Å². The second-order valence-corrected chi connectivity index (χ2v) is 6.49. The molecule has 2 heterocycles. The zero-order valence-corrected chi connectivity index (χ0v) is 15.7. The lowest BCUT2D eigenvalue weighted by Crippen LogP contribution is -2.29. The molecule has 0 fully saturated rings. The SMILES string of the molecule is COc1cccc(CC(NC(=O)O)c2ccccc2-c2noc3ccccc23)n1. The third-order valence-electron chi connectivity index (χ3n) is 4.67. The van der Waals surface area contributed by atoms with Crippen molar-refractivity contribution in [3.8, 4) is 17.1 Å². The Bertz CT molecular complexity index is 1160. The van der Waals surface area contributed by atoms with E-state index in [1.165, 1.54) is 0 Å². The minimum atomic E-state index is -1.11. The fourth-order valence-corrected chi connectivity index (χ4v) is 3.38. The number of ether oxygens (including phenoxy) is 1. The smallest absolute Gasteiger partial charge is 0.405 e. The highest BCUT2D eigenvalue weighted by molar-refractivity contribution is 5.92. The maximum atomic E-state index is 11.5. The van der Waals surface area contributed by atoms with E-state index < -0.39 is 12.1 Å². The van der Waals surface area contributed by atoms with Crippen molar-refractivity contribution in [2.75, 3.05) is 7.11 Å². The highest BCUT2D eigenvalue weighted by Crippen LogP contribution is 2.34. The molecule has 1 unspecified atom stereocenters. The summed E-state index contributed by atoms with van der Waals surface area (Å²) in [7, 11) is 1.55. The van der Waals surface area contributed by atoms with E-state index in [4.69, 9.17) is 9.26 Å². The van der Waals surface area contributed by atoms with Crippen LogP contribution in [0.1, 0.15) is 17.3 Å². The van der Waals surface area contributed by atoms with Crippen LogP contribution in [0.4, 0.5) is 4.79 Å². The molecule has 0 aliphatic carbocycles. The Balaban J connectivity index is 1.78. The van der Waals surface area contributed by atoms with Gasteiger partial charge in [0.15, 0.2) is 5.58 Å². The summed E-state index contributed by atoms with van der Waals surface area (Å²) in [6.07, 6.45) is -0.756. The van der Waals surface area contributed by atoms with Gasteiger partial charge in [0, 0.05) is 29.1 Å². The number of aromatic nitrogens is 2. The zero-order valence-electron chi connectivity index (χ0n) is 15.7. The van der Waals surface area contributed by atoms with Crippen molar-refractivity contribution in [3.05, 3.63) is 78.0 Å². The molecular weight excluding hydrogens is 370 g/mol. The van der Waals surface area contributed by atoms with Crippen molar-refractivity contribution in [1.82, 2.24) is 15.5 Å². The largest absolute Gasteiger partial charge is 0.481 e. The third-order valence-corrected chi connectivity index (χ3v) is 4.67. The quantitative estimate of drug-likeness (QED) is 0.506. The van der Waals surface area contributed by atoms with Crippen LogP contribution >= 0.6 is 0 Å². The molecule has 2 N–H and O–H groups in total. The summed E-state index contributed by atoms with van der Waals surface area (Å²) >= 11 is 0. The summed E-state index contributed by atoms with van der Waals surface area (Å²) in [5.41, 5.74) is 3.65. The van der Waals surface area contributed by atoms with Crippen molar-refractivity contribution >= 4 is 17.1 Å². The van der Waals surface area contributed by atoms with Gasteiger partial charge in [-0.1, -0.05) is 47.6 Å². The molecule has 1 amide bonds. The first-order valence-electron chi connectivity index (χ1n) is 9.09. The van der Waals surface area contributed by atoms with Gasteiger partial charge in [-0.25, -0.2) is 9.78 Å². The van der Waals surface area contributed by atoms with Gasteiger partial charge in [-0.05, 0) is 23.8 Å². The van der Waals surface area contributed by atoms with E-state index in [9.17, 15) is 9.90 Å². The van der Waals surface area contributed by atoms with Crippen LogP contribution in [0.3, 0.4) is 0 Å². The standard InChI is InChI=1S/C22H19N3O4/c1-28-20-12-6-7-14(23-20)13-18(24-22(26)27)15-8-2-3-9-16(15)21-17-10-4-5-11-19(17)29-25-21/h2-12,18,24H,13H2,1H3,(H,26,27). The molecule has 0 radical (unpaired) electrons.